The highest BCUT2D eigenvalue weighted by Gasteiger charge is 2.38. The van der Waals surface area contributed by atoms with Gasteiger partial charge in [-0.3, -0.25) is 0 Å². The molecule has 1 aliphatic heterocycles. The highest BCUT2D eigenvalue weighted by molar-refractivity contribution is 5.92. The first kappa shape index (κ1) is 21.7. The SMILES string of the molecule is CC(C)OC1=C(C(=O)O)C(C)c2ccc(C(F)(F)F)cc2N1Cc1cccc(F)c1. The molecule has 0 saturated carbocycles. The molecule has 160 valence electrons. The lowest BCUT2D eigenvalue weighted by Crippen LogP contribution is -2.34. The summed E-state index contributed by atoms with van der Waals surface area (Å²) in [5, 5.41) is 9.82. The van der Waals surface area contributed by atoms with E-state index in [1.165, 1.54) is 29.2 Å². The molecule has 0 fully saturated rings. The summed E-state index contributed by atoms with van der Waals surface area (Å²) in [6, 6.07) is 8.80. The molecular formula is C22H21F4NO3. The fourth-order valence-electron chi connectivity index (χ4n) is 3.52. The first-order valence-electron chi connectivity index (χ1n) is 9.36. The van der Waals surface area contributed by atoms with Crippen molar-refractivity contribution in [1.82, 2.24) is 0 Å². The average Bonchev–Trinajstić information content (AvgIpc) is 2.63. The third kappa shape index (κ3) is 4.27. The largest absolute Gasteiger partial charge is 0.478 e. The molecule has 8 heteroatoms. The van der Waals surface area contributed by atoms with Crippen LogP contribution >= 0.6 is 0 Å². The number of halogens is 4. The van der Waals surface area contributed by atoms with Gasteiger partial charge in [-0.05, 0) is 49.2 Å². The second-order valence-electron chi connectivity index (χ2n) is 7.40. The van der Waals surface area contributed by atoms with Gasteiger partial charge in [0.25, 0.3) is 0 Å². The molecule has 1 heterocycles. The average molecular weight is 423 g/mol. The predicted octanol–water partition coefficient (Wildman–Crippen LogP) is 5.69. The van der Waals surface area contributed by atoms with Gasteiger partial charge in [-0.25, -0.2) is 9.18 Å². The maximum atomic E-state index is 13.7. The molecule has 4 nitrogen and oxygen atoms in total. The van der Waals surface area contributed by atoms with Crippen molar-refractivity contribution < 1.29 is 32.2 Å². The van der Waals surface area contributed by atoms with E-state index in [0.717, 1.165) is 12.1 Å². The van der Waals surface area contributed by atoms with Crippen LogP contribution in [0.5, 0.6) is 0 Å². The van der Waals surface area contributed by atoms with Gasteiger partial charge in [0.2, 0.25) is 5.88 Å². The number of alkyl halides is 3. The molecule has 30 heavy (non-hydrogen) atoms. The Balaban J connectivity index is 2.23. The van der Waals surface area contributed by atoms with Gasteiger partial charge < -0.3 is 14.7 Å². The van der Waals surface area contributed by atoms with Crippen LogP contribution in [-0.2, 0) is 22.3 Å². The molecule has 2 aromatic carbocycles. The first-order chi connectivity index (χ1) is 14.0. The van der Waals surface area contributed by atoms with Crippen molar-refractivity contribution >= 4 is 11.7 Å². The lowest BCUT2D eigenvalue weighted by atomic mass is 9.87. The molecule has 0 aliphatic carbocycles. The number of carbonyl (C=O) groups is 1. The summed E-state index contributed by atoms with van der Waals surface area (Å²) in [5.41, 5.74) is 0.144. The zero-order valence-corrected chi connectivity index (χ0v) is 16.6. The normalized spacial score (nSPS) is 16.7. The zero-order chi connectivity index (χ0) is 22.2. The molecule has 3 rings (SSSR count). The van der Waals surface area contributed by atoms with Crippen molar-refractivity contribution in [2.75, 3.05) is 4.90 Å². The van der Waals surface area contributed by atoms with Gasteiger partial charge in [0.15, 0.2) is 0 Å². The van der Waals surface area contributed by atoms with Crippen molar-refractivity contribution in [2.45, 2.75) is 45.5 Å². The van der Waals surface area contributed by atoms with Crippen LogP contribution in [0.15, 0.2) is 53.9 Å². The highest BCUT2D eigenvalue weighted by Crippen LogP contribution is 2.45. The van der Waals surface area contributed by atoms with E-state index in [2.05, 4.69) is 0 Å². The van der Waals surface area contributed by atoms with Crippen molar-refractivity contribution in [2.24, 2.45) is 0 Å². The van der Waals surface area contributed by atoms with E-state index < -0.39 is 35.5 Å². The zero-order valence-electron chi connectivity index (χ0n) is 16.6. The number of hydrogen-bond acceptors (Lipinski definition) is 3. The number of aliphatic carboxylic acids is 1. The predicted molar refractivity (Wildman–Crippen MR) is 103 cm³/mol. The van der Waals surface area contributed by atoms with E-state index in [1.807, 2.05) is 0 Å². The second kappa shape index (κ2) is 8.01. The second-order valence-corrected chi connectivity index (χ2v) is 7.40. The topological polar surface area (TPSA) is 49.8 Å². The number of fused-ring (bicyclic) bond motifs is 1. The molecule has 0 bridgehead atoms. The van der Waals surface area contributed by atoms with Crippen molar-refractivity contribution in [3.05, 3.63) is 76.4 Å². The Labute approximate surface area is 171 Å². The van der Waals surface area contributed by atoms with E-state index in [-0.39, 0.29) is 23.7 Å². The van der Waals surface area contributed by atoms with Gasteiger partial charge in [0.05, 0.1) is 18.2 Å². The molecule has 1 aliphatic rings. The fourth-order valence-corrected chi connectivity index (χ4v) is 3.52. The number of ether oxygens (including phenoxy) is 1. The number of benzene rings is 2. The Morgan fingerprint density at radius 3 is 2.47 bits per heavy atom. The molecule has 0 saturated heterocycles. The third-order valence-electron chi connectivity index (χ3n) is 4.83. The minimum atomic E-state index is -4.57. The summed E-state index contributed by atoms with van der Waals surface area (Å²) in [6.07, 6.45) is -5.00. The minimum absolute atomic E-state index is 0.0407. The summed E-state index contributed by atoms with van der Waals surface area (Å²) in [4.78, 5) is 13.4. The van der Waals surface area contributed by atoms with E-state index >= 15 is 0 Å². The molecule has 2 aromatic rings. The monoisotopic (exact) mass is 423 g/mol. The molecule has 0 radical (unpaired) electrons. The summed E-state index contributed by atoms with van der Waals surface area (Å²) in [5.74, 6) is -2.47. The van der Waals surface area contributed by atoms with Crippen LogP contribution in [0.3, 0.4) is 0 Å². The van der Waals surface area contributed by atoms with Crippen LogP contribution in [0, 0.1) is 5.82 Å². The molecule has 0 aromatic heterocycles. The van der Waals surface area contributed by atoms with Gasteiger partial charge >= 0.3 is 12.1 Å². The summed E-state index contributed by atoms with van der Waals surface area (Å²) in [6.45, 7) is 4.94. The van der Waals surface area contributed by atoms with Gasteiger partial charge in [-0.2, -0.15) is 13.2 Å². The van der Waals surface area contributed by atoms with E-state index in [9.17, 15) is 27.5 Å². The number of carboxylic acid groups (broad SMARTS) is 1. The van der Waals surface area contributed by atoms with E-state index in [1.54, 1.807) is 26.8 Å². The number of carboxylic acids is 1. The van der Waals surface area contributed by atoms with Crippen LogP contribution in [0.4, 0.5) is 23.2 Å². The van der Waals surface area contributed by atoms with Crippen molar-refractivity contribution in [3.63, 3.8) is 0 Å². The lowest BCUT2D eigenvalue weighted by molar-refractivity contribution is -0.137. The number of rotatable bonds is 5. The molecule has 1 N–H and O–H groups in total. The summed E-state index contributed by atoms with van der Waals surface area (Å²) < 4.78 is 59.6. The molecule has 1 unspecified atom stereocenters. The highest BCUT2D eigenvalue weighted by atomic mass is 19.4. The van der Waals surface area contributed by atoms with Crippen LogP contribution in [0.2, 0.25) is 0 Å². The number of hydrogen-bond donors (Lipinski definition) is 1. The quantitative estimate of drug-likeness (QED) is 0.628. The molecule has 0 amide bonds. The van der Waals surface area contributed by atoms with Crippen molar-refractivity contribution in [1.29, 1.82) is 0 Å². The maximum absolute atomic E-state index is 13.7. The molecule has 1 atom stereocenters. The van der Waals surface area contributed by atoms with Crippen LogP contribution in [-0.4, -0.2) is 17.2 Å². The lowest BCUT2D eigenvalue weighted by Gasteiger charge is -2.37. The summed E-state index contributed by atoms with van der Waals surface area (Å²) >= 11 is 0. The Morgan fingerprint density at radius 2 is 1.90 bits per heavy atom. The Morgan fingerprint density at radius 1 is 1.20 bits per heavy atom. The Kier molecular flexibility index (Phi) is 5.78. The van der Waals surface area contributed by atoms with Crippen LogP contribution in [0.1, 0.15) is 43.4 Å². The van der Waals surface area contributed by atoms with Crippen LogP contribution in [0.25, 0.3) is 0 Å². The van der Waals surface area contributed by atoms with Crippen molar-refractivity contribution in [3.8, 4) is 0 Å². The van der Waals surface area contributed by atoms with E-state index in [4.69, 9.17) is 4.74 Å². The number of nitrogens with zero attached hydrogens (tertiary/aromatic N) is 1. The Hall–Kier alpha value is -3.03. The van der Waals surface area contributed by atoms with Gasteiger partial charge in [-0.15, -0.1) is 0 Å². The Bertz CT molecular complexity index is 998. The standard InChI is InChI=1S/C22H21F4NO3/c1-12(2)30-20-19(21(28)29)13(3)17-8-7-15(22(24,25)26)10-18(17)27(20)11-14-5-4-6-16(23)9-14/h4-10,12-13H,11H2,1-3H3,(H,28,29). The van der Waals surface area contributed by atoms with Gasteiger partial charge in [0, 0.05) is 11.6 Å². The van der Waals surface area contributed by atoms with E-state index in [0.29, 0.717) is 11.1 Å². The third-order valence-corrected chi connectivity index (χ3v) is 4.83. The minimum Gasteiger partial charge on any atom is -0.478 e. The fraction of sp³-hybridized carbons (Fsp3) is 0.318. The molecular weight excluding hydrogens is 402 g/mol. The first-order valence-corrected chi connectivity index (χ1v) is 9.36. The van der Waals surface area contributed by atoms with Gasteiger partial charge in [-0.1, -0.05) is 25.1 Å². The smallest absolute Gasteiger partial charge is 0.416 e. The molecule has 0 spiro atoms. The maximum Gasteiger partial charge on any atom is 0.416 e. The van der Waals surface area contributed by atoms with Gasteiger partial charge in [0.1, 0.15) is 11.4 Å². The van der Waals surface area contributed by atoms with Crippen LogP contribution < -0.4 is 4.90 Å². The summed E-state index contributed by atoms with van der Waals surface area (Å²) in [7, 11) is 0. The number of anilines is 1.